The van der Waals surface area contributed by atoms with E-state index in [1.54, 1.807) is 12.3 Å². The average Bonchev–Trinajstić information content (AvgIpc) is 2.85. The van der Waals surface area contributed by atoms with Gasteiger partial charge in [-0.2, -0.15) is 4.98 Å². The fourth-order valence-corrected chi connectivity index (χ4v) is 3.81. The van der Waals surface area contributed by atoms with Crippen molar-refractivity contribution in [2.75, 3.05) is 18.8 Å². The first-order valence-electron chi connectivity index (χ1n) is 8.02. The van der Waals surface area contributed by atoms with Crippen molar-refractivity contribution in [3.05, 3.63) is 52.6 Å². The Labute approximate surface area is 134 Å². The molecular weight excluding hydrogens is 290 g/mol. The molecule has 1 aromatic heterocycles. The minimum atomic E-state index is -0.358. The van der Waals surface area contributed by atoms with Crippen LogP contribution in [0, 0.1) is 11.8 Å². The molecule has 1 aromatic carbocycles. The number of nitrogens with zero attached hydrogens (tertiary/aromatic N) is 3. The third-order valence-electron chi connectivity index (χ3n) is 5.14. The van der Waals surface area contributed by atoms with E-state index in [9.17, 15) is 4.79 Å². The fraction of sp³-hybridized carbons (Fsp3) is 0.412. The van der Waals surface area contributed by atoms with E-state index < -0.39 is 0 Å². The summed E-state index contributed by atoms with van der Waals surface area (Å²) in [4.78, 5) is 18.1. The molecule has 0 bridgehead atoms. The zero-order chi connectivity index (χ0) is 16.0. The summed E-state index contributed by atoms with van der Waals surface area (Å²) in [5.41, 5.74) is 13.3. The molecule has 6 heteroatoms. The van der Waals surface area contributed by atoms with Gasteiger partial charge in [0.2, 0.25) is 0 Å². The monoisotopic (exact) mass is 311 g/mol. The second-order valence-corrected chi connectivity index (χ2v) is 6.69. The number of aromatic nitrogens is 2. The molecule has 1 saturated heterocycles. The fourth-order valence-electron chi connectivity index (χ4n) is 3.81. The normalized spacial score (nSPS) is 26.7. The van der Waals surface area contributed by atoms with E-state index in [0.717, 1.165) is 31.2 Å². The number of likely N-dealkylation sites (tertiary alicyclic amines) is 1. The molecule has 2 aliphatic rings. The highest BCUT2D eigenvalue weighted by molar-refractivity contribution is 5.36. The number of benzene rings is 1. The highest BCUT2D eigenvalue weighted by Crippen LogP contribution is 2.40. The van der Waals surface area contributed by atoms with Gasteiger partial charge in [-0.05, 0) is 42.0 Å². The van der Waals surface area contributed by atoms with Crippen LogP contribution in [0.25, 0.3) is 5.69 Å². The summed E-state index contributed by atoms with van der Waals surface area (Å²) in [6.07, 6.45) is 2.83. The number of nitrogens with two attached hydrogens (primary N) is 2. The van der Waals surface area contributed by atoms with E-state index in [-0.39, 0.29) is 11.5 Å². The van der Waals surface area contributed by atoms with E-state index in [1.807, 2.05) is 12.1 Å². The predicted molar refractivity (Wildman–Crippen MR) is 89.1 cm³/mol. The van der Waals surface area contributed by atoms with Crippen LogP contribution in [-0.4, -0.2) is 33.6 Å². The van der Waals surface area contributed by atoms with Crippen molar-refractivity contribution in [2.24, 2.45) is 17.6 Å². The summed E-state index contributed by atoms with van der Waals surface area (Å²) in [6, 6.07) is 10.1. The van der Waals surface area contributed by atoms with Gasteiger partial charge in [0.05, 0.1) is 5.69 Å². The van der Waals surface area contributed by atoms with Crippen LogP contribution in [-0.2, 0) is 6.54 Å². The smallest absolute Gasteiger partial charge is 0.354 e. The van der Waals surface area contributed by atoms with Crippen molar-refractivity contribution >= 4 is 5.82 Å². The Morgan fingerprint density at radius 1 is 1.17 bits per heavy atom. The highest BCUT2D eigenvalue weighted by Gasteiger charge is 2.44. The number of rotatable bonds is 3. The van der Waals surface area contributed by atoms with Crippen LogP contribution >= 0.6 is 0 Å². The molecule has 3 atom stereocenters. The molecule has 0 radical (unpaired) electrons. The van der Waals surface area contributed by atoms with Gasteiger partial charge in [-0.15, -0.1) is 0 Å². The Morgan fingerprint density at radius 2 is 1.96 bits per heavy atom. The van der Waals surface area contributed by atoms with Gasteiger partial charge >= 0.3 is 5.69 Å². The summed E-state index contributed by atoms with van der Waals surface area (Å²) < 4.78 is 1.50. The average molecular weight is 311 g/mol. The highest BCUT2D eigenvalue weighted by atomic mass is 16.1. The molecule has 4 N–H and O–H groups in total. The van der Waals surface area contributed by atoms with Crippen molar-refractivity contribution in [3.8, 4) is 5.69 Å². The lowest BCUT2D eigenvalue weighted by atomic mass is 9.72. The molecule has 0 spiro atoms. The zero-order valence-corrected chi connectivity index (χ0v) is 12.9. The van der Waals surface area contributed by atoms with Crippen LogP contribution < -0.4 is 17.2 Å². The molecule has 2 heterocycles. The minimum absolute atomic E-state index is 0.241. The number of hydrogen-bond acceptors (Lipinski definition) is 5. The minimum Gasteiger partial charge on any atom is -0.383 e. The molecule has 2 aromatic rings. The lowest BCUT2D eigenvalue weighted by Crippen LogP contribution is -2.46. The van der Waals surface area contributed by atoms with Crippen molar-refractivity contribution in [1.29, 1.82) is 0 Å². The Kier molecular flexibility index (Phi) is 3.43. The van der Waals surface area contributed by atoms with Crippen molar-refractivity contribution in [2.45, 2.75) is 19.0 Å². The lowest BCUT2D eigenvalue weighted by molar-refractivity contribution is 0.194. The predicted octanol–water partition coefficient (Wildman–Crippen LogP) is 0.594. The van der Waals surface area contributed by atoms with Gasteiger partial charge in [0.15, 0.2) is 0 Å². The van der Waals surface area contributed by atoms with Crippen molar-refractivity contribution in [1.82, 2.24) is 14.5 Å². The summed E-state index contributed by atoms with van der Waals surface area (Å²) in [7, 11) is 0. The van der Waals surface area contributed by atoms with Gasteiger partial charge in [-0.25, -0.2) is 4.79 Å². The summed E-state index contributed by atoms with van der Waals surface area (Å²) in [5.74, 6) is 1.72. The van der Waals surface area contributed by atoms with E-state index in [4.69, 9.17) is 11.5 Å². The molecular formula is C17H21N5O. The van der Waals surface area contributed by atoms with Gasteiger partial charge in [-0.3, -0.25) is 9.47 Å². The summed E-state index contributed by atoms with van der Waals surface area (Å²) in [6.45, 7) is 3.20. The second kappa shape index (κ2) is 5.47. The first-order chi connectivity index (χ1) is 11.1. The Morgan fingerprint density at radius 3 is 2.61 bits per heavy atom. The largest absolute Gasteiger partial charge is 0.383 e. The van der Waals surface area contributed by atoms with Crippen molar-refractivity contribution in [3.63, 3.8) is 0 Å². The molecule has 2 fully saturated rings. The van der Waals surface area contributed by atoms with Crippen molar-refractivity contribution < 1.29 is 0 Å². The third-order valence-corrected chi connectivity index (χ3v) is 5.14. The second-order valence-electron chi connectivity index (χ2n) is 6.69. The van der Waals surface area contributed by atoms with Gasteiger partial charge in [-0.1, -0.05) is 12.1 Å². The maximum absolute atomic E-state index is 11.9. The Bertz CT molecular complexity index is 769. The lowest BCUT2D eigenvalue weighted by Gasteiger charge is -2.36. The molecule has 3 unspecified atom stereocenters. The molecule has 120 valence electrons. The third kappa shape index (κ3) is 2.64. The molecule has 0 amide bonds. The van der Waals surface area contributed by atoms with Crippen LogP contribution in [0.3, 0.4) is 0 Å². The quantitative estimate of drug-likeness (QED) is 0.866. The topological polar surface area (TPSA) is 90.2 Å². The Hall–Kier alpha value is -2.18. The number of fused-ring (bicyclic) bond motifs is 1. The SMILES string of the molecule is Nc1ccn(-c2ccc(CN3CC4CC(N)C4C3)cc2)c(=O)n1. The van der Waals surface area contributed by atoms with E-state index >= 15 is 0 Å². The Balaban J connectivity index is 1.47. The zero-order valence-electron chi connectivity index (χ0n) is 12.9. The van der Waals surface area contributed by atoms with Gasteiger partial charge in [0.25, 0.3) is 0 Å². The van der Waals surface area contributed by atoms with Crippen LogP contribution in [0.15, 0.2) is 41.3 Å². The number of nitrogen functional groups attached to an aromatic ring is 1. The first kappa shape index (κ1) is 14.4. The number of hydrogen-bond donors (Lipinski definition) is 2. The summed E-state index contributed by atoms with van der Waals surface area (Å²) in [5, 5.41) is 0. The number of anilines is 1. The van der Waals surface area contributed by atoms with Gasteiger partial charge < -0.3 is 11.5 Å². The molecule has 6 nitrogen and oxygen atoms in total. The van der Waals surface area contributed by atoms with Crippen LogP contribution in [0.2, 0.25) is 0 Å². The van der Waals surface area contributed by atoms with Crippen LogP contribution in [0.1, 0.15) is 12.0 Å². The molecule has 1 aliphatic heterocycles. The molecule has 23 heavy (non-hydrogen) atoms. The van der Waals surface area contributed by atoms with E-state index in [1.165, 1.54) is 16.6 Å². The van der Waals surface area contributed by atoms with E-state index in [0.29, 0.717) is 12.0 Å². The molecule has 1 aliphatic carbocycles. The maximum atomic E-state index is 11.9. The molecule has 4 rings (SSSR count). The molecule has 1 saturated carbocycles. The van der Waals surface area contributed by atoms with E-state index in [2.05, 4.69) is 22.0 Å². The van der Waals surface area contributed by atoms with Gasteiger partial charge in [0.1, 0.15) is 5.82 Å². The standard InChI is InChI=1S/C17H21N5O/c18-15-7-12-9-21(10-14(12)15)8-11-1-3-13(4-2-11)22-6-5-16(19)20-17(22)23/h1-6,12,14-15H,7-10,18H2,(H2,19,20,23). The first-order valence-corrected chi connectivity index (χ1v) is 8.02. The van der Waals surface area contributed by atoms with Crippen LogP contribution in [0.5, 0.6) is 0 Å². The maximum Gasteiger partial charge on any atom is 0.354 e. The van der Waals surface area contributed by atoms with Gasteiger partial charge in [0, 0.05) is 31.9 Å². The summed E-state index contributed by atoms with van der Waals surface area (Å²) >= 11 is 0. The van der Waals surface area contributed by atoms with Crippen LogP contribution in [0.4, 0.5) is 5.82 Å².